The topological polar surface area (TPSA) is 65.5 Å². The van der Waals surface area contributed by atoms with Gasteiger partial charge in [-0.2, -0.15) is 0 Å². The summed E-state index contributed by atoms with van der Waals surface area (Å²) in [5, 5.41) is 22.1. The molecule has 5 unspecified atom stereocenters. The summed E-state index contributed by atoms with van der Waals surface area (Å²) in [5.74, 6) is 1.85. The van der Waals surface area contributed by atoms with Crippen LogP contribution in [0.4, 0.5) is 0 Å². The van der Waals surface area contributed by atoms with E-state index < -0.39 is 0 Å². The number of fused-ring (bicyclic) bond motifs is 3. The first-order valence-electron chi connectivity index (χ1n) is 11.2. The van der Waals surface area contributed by atoms with Gasteiger partial charge < -0.3 is 15.2 Å². The fourth-order valence-electron chi connectivity index (χ4n) is 6.33. The van der Waals surface area contributed by atoms with Crippen molar-refractivity contribution in [2.24, 2.45) is 17.8 Å². The molecule has 0 radical (unpaired) electrons. The van der Waals surface area contributed by atoms with Gasteiger partial charge in [-0.05, 0) is 77.2 Å². The Bertz CT molecular complexity index is 492. The Labute approximate surface area is 169 Å². The molecule has 0 bridgehead atoms. The molecule has 4 aliphatic rings. The molecule has 0 aromatic rings. The first-order chi connectivity index (χ1) is 13.0. The number of aliphatic hydroxyl groups excluding tert-OH is 1. The lowest BCUT2D eigenvalue weighted by Crippen LogP contribution is -2.59. The number of hydrogen-bond acceptors (Lipinski definition) is 6. The van der Waals surface area contributed by atoms with E-state index in [0.717, 1.165) is 31.2 Å². The lowest BCUT2D eigenvalue weighted by atomic mass is 9.78. The predicted molar refractivity (Wildman–Crippen MR) is 112 cm³/mol. The number of rotatable bonds is 6. The average Bonchev–Trinajstić information content (AvgIpc) is 3.22. The minimum Gasteiger partial charge on any atom is -0.393 e. The molecule has 4 rings (SSSR count). The zero-order chi connectivity index (χ0) is 19.0. The number of thioether (sulfide) groups is 1. The largest absolute Gasteiger partial charge is 0.393 e. The highest BCUT2D eigenvalue weighted by atomic mass is 32.2. The van der Waals surface area contributed by atoms with Gasteiger partial charge in [0.25, 0.3) is 0 Å². The van der Waals surface area contributed by atoms with Crippen LogP contribution < -0.4 is 16.0 Å². The molecular weight excluding hydrogens is 358 g/mol. The third-order valence-corrected chi connectivity index (χ3v) is 9.62. The summed E-state index contributed by atoms with van der Waals surface area (Å²) >= 11 is 2.15. The van der Waals surface area contributed by atoms with E-state index in [0.29, 0.717) is 34.8 Å². The van der Waals surface area contributed by atoms with Crippen molar-refractivity contribution < 1.29 is 9.84 Å². The summed E-state index contributed by atoms with van der Waals surface area (Å²) in [6.45, 7) is 5.10. The highest BCUT2D eigenvalue weighted by Crippen LogP contribution is 2.56. The summed E-state index contributed by atoms with van der Waals surface area (Å²) in [6, 6.07) is 0. The molecule has 0 amide bonds. The third-order valence-electron chi connectivity index (χ3n) is 7.95. The van der Waals surface area contributed by atoms with Crippen LogP contribution in [0.3, 0.4) is 0 Å². The van der Waals surface area contributed by atoms with E-state index in [1.54, 1.807) is 0 Å². The Kier molecular flexibility index (Phi) is 6.42. The van der Waals surface area contributed by atoms with Crippen molar-refractivity contribution in [3.8, 4) is 0 Å². The summed E-state index contributed by atoms with van der Waals surface area (Å²) < 4.78 is 6.74. The van der Waals surface area contributed by atoms with Gasteiger partial charge >= 0.3 is 0 Å². The molecule has 0 aromatic heterocycles. The molecule has 156 valence electrons. The Balaban J connectivity index is 1.41. The highest BCUT2D eigenvalue weighted by molar-refractivity contribution is 8.00. The van der Waals surface area contributed by atoms with Crippen LogP contribution in [0.2, 0.25) is 0 Å². The van der Waals surface area contributed by atoms with E-state index in [9.17, 15) is 5.11 Å². The SMILES string of the molecule is CCC1(NC)CCC(OC2NCNC3SC4CC[C@H](C[C@H](C)O)C4C23)CC1. The van der Waals surface area contributed by atoms with E-state index in [2.05, 4.69) is 41.7 Å². The van der Waals surface area contributed by atoms with Gasteiger partial charge in [0, 0.05) is 23.4 Å². The van der Waals surface area contributed by atoms with Gasteiger partial charge in [-0.3, -0.25) is 10.6 Å². The molecular formula is C21H39N3O2S. The molecule has 0 aromatic carbocycles. The van der Waals surface area contributed by atoms with Gasteiger partial charge in [-0.15, -0.1) is 11.8 Å². The summed E-state index contributed by atoms with van der Waals surface area (Å²) in [5.41, 5.74) is 0.325. The second-order valence-electron chi connectivity index (χ2n) is 9.40. The van der Waals surface area contributed by atoms with Gasteiger partial charge in [0.05, 0.1) is 17.6 Å². The predicted octanol–water partition coefficient (Wildman–Crippen LogP) is 2.65. The average molecular weight is 398 g/mol. The van der Waals surface area contributed by atoms with Crippen LogP contribution in [0.1, 0.15) is 65.2 Å². The fraction of sp³-hybridized carbons (Fsp3) is 1.00. The maximum atomic E-state index is 9.98. The Hall–Kier alpha value is 0.150. The van der Waals surface area contributed by atoms with Crippen molar-refractivity contribution in [1.82, 2.24) is 16.0 Å². The number of hydrogen-bond donors (Lipinski definition) is 4. The van der Waals surface area contributed by atoms with Crippen molar-refractivity contribution in [3.63, 3.8) is 0 Å². The number of aliphatic hydroxyl groups is 1. The van der Waals surface area contributed by atoms with Gasteiger partial charge in [-0.25, -0.2) is 0 Å². The van der Waals surface area contributed by atoms with Crippen LogP contribution in [-0.2, 0) is 4.74 Å². The van der Waals surface area contributed by atoms with Crippen LogP contribution in [-0.4, -0.2) is 53.4 Å². The van der Waals surface area contributed by atoms with Gasteiger partial charge in [0.2, 0.25) is 0 Å². The van der Waals surface area contributed by atoms with Crippen LogP contribution in [0.5, 0.6) is 0 Å². The Morgan fingerprint density at radius 1 is 1.19 bits per heavy atom. The first kappa shape index (κ1) is 20.4. The molecule has 27 heavy (non-hydrogen) atoms. The summed E-state index contributed by atoms with van der Waals surface area (Å²) in [7, 11) is 2.11. The molecule has 2 aliphatic carbocycles. The zero-order valence-electron chi connectivity index (χ0n) is 17.2. The van der Waals surface area contributed by atoms with Gasteiger partial charge in [-0.1, -0.05) is 6.92 Å². The maximum Gasteiger partial charge on any atom is 0.114 e. The van der Waals surface area contributed by atoms with E-state index >= 15 is 0 Å². The molecule has 2 heterocycles. The number of nitrogens with one attached hydrogen (secondary N) is 3. The van der Waals surface area contributed by atoms with Crippen LogP contribution in [0.25, 0.3) is 0 Å². The van der Waals surface area contributed by atoms with E-state index in [1.807, 2.05) is 6.92 Å². The van der Waals surface area contributed by atoms with E-state index in [-0.39, 0.29) is 12.3 Å². The van der Waals surface area contributed by atoms with E-state index in [4.69, 9.17) is 4.74 Å². The highest BCUT2D eigenvalue weighted by Gasteiger charge is 2.55. The second kappa shape index (κ2) is 8.49. The maximum absolute atomic E-state index is 9.98. The first-order valence-corrected chi connectivity index (χ1v) is 12.1. The van der Waals surface area contributed by atoms with Crippen molar-refractivity contribution in [2.45, 2.75) is 99.8 Å². The van der Waals surface area contributed by atoms with Crippen molar-refractivity contribution in [2.75, 3.05) is 13.7 Å². The molecule has 0 spiro atoms. The lowest BCUT2D eigenvalue weighted by Gasteiger charge is -2.44. The molecule has 4 N–H and O–H groups in total. The van der Waals surface area contributed by atoms with Crippen molar-refractivity contribution in [3.05, 3.63) is 0 Å². The summed E-state index contributed by atoms with van der Waals surface area (Å²) in [6.07, 6.45) is 9.85. The minimum atomic E-state index is -0.191. The second-order valence-corrected chi connectivity index (χ2v) is 10.8. The monoisotopic (exact) mass is 397 g/mol. The van der Waals surface area contributed by atoms with Crippen molar-refractivity contribution >= 4 is 11.8 Å². The minimum absolute atomic E-state index is 0.169. The lowest BCUT2D eigenvalue weighted by molar-refractivity contribution is -0.107. The molecule has 2 aliphatic heterocycles. The van der Waals surface area contributed by atoms with Crippen LogP contribution in [0.15, 0.2) is 0 Å². The Morgan fingerprint density at radius 3 is 2.63 bits per heavy atom. The van der Waals surface area contributed by atoms with Crippen LogP contribution in [0, 0.1) is 17.8 Å². The molecule has 7 atom stereocenters. The third kappa shape index (κ3) is 4.08. The Morgan fingerprint density at radius 2 is 1.96 bits per heavy atom. The standard InChI is InChI=1S/C21H39N3O2S/c1-4-21(22-3)9-7-15(8-10-21)26-19-18-17-14(11-13(2)25)5-6-16(17)27-20(18)24-12-23-19/h13-20,22-25H,4-12H2,1-3H3/t13-,14+,15?,16?,17?,18?,19?,20?,21?/m0/s1. The van der Waals surface area contributed by atoms with E-state index in [1.165, 1.54) is 32.1 Å². The fourth-order valence-corrected chi connectivity index (χ4v) is 8.25. The molecule has 2 saturated carbocycles. The number of ether oxygens (including phenoxy) is 1. The van der Waals surface area contributed by atoms with Crippen molar-refractivity contribution in [1.29, 1.82) is 0 Å². The molecule has 4 fully saturated rings. The normalized spacial score (nSPS) is 48.2. The molecule has 2 saturated heterocycles. The zero-order valence-corrected chi connectivity index (χ0v) is 18.1. The quantitative estimate of drug-likeness (QED) is 0.553. The van der Waals surface area contributed by atoms with Gasteiger partial charge in [0.15, 0.2) is 0 Å². The molecule has 5 nitrogen and oxygen atoms in total. The van der Waals surface area contributed by atoms with Gasteiger partial charge in [0.1, 0.15) is 6.23 Å². The van der Waals surface area contributed by atoms with Crippen LogP contribution >= 0.6 is 11.8 Å². The smallest absolute Gasteiger partial charge is 0.114 e. The summed E-state index contributed by atoms with van der Waals surface area (Å²) in [4.78, 5) is 0. The molecule has 6 heteroatoms.